The molecule has 0 saturated carbocycles. The van der Waals surface area contributed by atoms with E-state index in [9.17, 15) is 0 Å². The van der Waals surface area contributed by atoms with Crippen LogP contribution in [0.15, 0.2) is 22.7 Å². The predicted molar refractivity (Wildman–Crippen MR) is 77.5 cm³/mol. The van der Waals surface area contributed by atoms with Gasteiger partial charge in [-0.3, -0.25) is 0 Å². The quantitative estimate of drug-likeness (QED) is 0.939. The van der Waals surface area contributed by atoms with Crippen molar-refractivity contribution in [1.29, 1.82) is 0 Å². The topological polar surface area (TPSA) is 38.9 Å². The lowest BCUT2D eigenvalue weighted by molar-refractivity contribution is 0.970. The number of halogens is 1. The molecule has 17 heavy (non-hydrogen) atoms. The average molecular weight is 311 g/mol. The molecule has 2 aromatic rings. The van der Waals surface area contributed by atoms with E-state index in [2.05, 4.69) is 53.0 Å². The van der Waals surface area contributed by atoms with Gasteiger partial charge in [-0.15, -0.1) is 11.3 Å². The van der Waals surface area contributed by atoms with E-state index in [4.69, 9.17) is 5.73 Å². The first-order valence-corrected chi connectivity index (χ1v) is 7.15. The molecule has 1 aromatic carbocycles. The SMILES string of the molecule is Cc1ccc(Br)cc1-c1nc(C)c(CCN)s1. The fraction of sp³-hybridized carbons (Fsp3) is 0.308. The van der Waals surface area contributed by atoms with Crippen molar-refractivity contribution < 1.29 is 0 Å². The van der Waals surface area contributed by atoms with Gasteiger partial charge in [0.15, 0.2) is 0 Å². The number of hydrogen-bond donors (Lipinski definition) is 1. The summed E-state index contributed by atoms with van der Waals surface area (Å²) in [6.07, 6.45) is 0.913. The van der Waals surface area contributed by atoms with Crippen molar-refractivity contribution in [2.75, 3.05) is 6.54 Å². The molecule has 0 aliphatic rings. The minimum Gasteiger partial charge on any atom is -0.330 e. The molecule has 0 spiro atoms. The number of aromatic nitrogens is 1. The van der Waals surface area contributed by atoms with Gasteiger partial charge in [-0.2, -0.15) is 0 Å². The normalized spacial score (nSPS) is 10.8. The molecular weight excluding hydrogens is 296 g/mol. The van der Waals surface area contributed by atoms with Crippen LogP contribution in [0.3, 0.4) is 0 Å². The summed E-state index contributed by atoms with van der Waals surface area (Å²) in [6.45, 7) is 4.85. The van der Waals surface area contributed by atoms with Crippen LogP contribution in [-0.2, 0) is 6.42 Å². The Labute approximate surface area is 114 Å². The van der Waals surface area contributed by atoms with E-state index in [-0.39, 0.29) is 0 Å². The summed E-state index contributed by atoms with van der Waals surface area (Å²) in [6, 6.07) is 6.29. The van der Waals surface area contributed by atoms with E-state index in [0.717, 1.165) is 21.6 Å². The third kappa shape index (κ3) is 2.76. The molecule has 0 fully saturated rings. The Morgan fingerprint density at radius 1 is 1.35 bits per heavy atom. The summed E-state index contributed by atoms with van der Waals surface area (Å²) in [4.78, 5) is 5.94. The van der Waals surface area contributed by atoms with Gasteiger partial charge in [0.1, 0.15) is 5.01 Å². The standard InChI is InChI=1S/C13H15BrN2S/c1-8-3-4-10(14)7-11(8)13-16-9(2)12(17-13)5-6-15/h3-4,7H,5-6,15H2,1-2H3. The van der Waals surface area contributed by atoms with Gasteiger partial charge in [-0.25, -0.2) is 4.98 Å². The van der Waals surface area contributed by atoms with Crippen LogP contribution in [-0.4, -0.2) is 11.5 Å². The van der Waals surface area contributed by atoms with Gasteiger partial charge in [-0.05, 0) is 44.5 Å². The molecule has 0 aliphatic carbocycles. The van der Waals surface area contributed by atoms with Crippen LogP contribution in [0.25, 0.3) is 10.6 Å². The van der Waals surface area contributed by atoms with Gasteiger partial charge >= 0.3 is 0 Å². The van der Waals surface area contributed by atoms with Crippen LogP contribution >= 0.6 is 27.3 Å². The van der Waals surface area contributed by atoms with E-state index in [0.29, 0.717) is 6.54 Å². The summed E-state index contributed by atoms with van der Waals surface area (Å²) < 4.78 is 1.09. The Bertz CT molecular complexity index is 534. The second-order valence-electron chi connectivity index (χ2n) is 4.03. The first kappa shape index (κ1) is 12.7. The van der Waals surface area contributed by atoms with Crippen molar-refractivity contribution in [3.05, 3.63) is 38.8 Å². The lowest BCUT2D eigenvalue weighted by Crippen LogP contribution is -2.01. The summed E-state index contributed by atoms with van der Waals surface area (Å²) in [5, 5.41) is 1.09. The van der Waals surface area contributed by atoms with Crippen LogP contribution < -0.4 is 5.73 Å². The van der Waals surface area contributed by atoms with E-state index < -0.39 is 0 Å². The van der Waals surface area contributed by atoms with Crippen LogP contribution in [0.5, 0.6) is 0 Å². The molecule has 0 bridgehead atoms. The smallest absolute Gasteiger partial charge is 0.124 e. The zero-order valence-corrected chi connectivity index (χ0v) is 12.4. The lowest BCUT2D eigenvalue weighted by atomic mass is 10.1. The maximum absolute atomic E-state index is 5.60. The highest BCUT2D eigenvalue weighted by Gasteiger charge is 2.11. The highest BCUT2D eigenvalue weighted by atomic mass is 79.9. The summed E-state index contributed by atoms with van der Waals surface area (Å²) in [7, 11) is 0. The Morgan fingerprint density at radius 3 is 2.82 bits per heavy atom. The van der Waals surface area contributed by atoms with Crippen molar-refractivity contribution in [2.24, 2.45) is 5.73 Å². The van der Waals surface area contributed by atoms with Crippen LogP contribution in [0, 0.1) is 13.8 Å². The minimum absolute atomic E-state index is 0.680. The van der Waals surface area contributed by atoms with E-state index in [1.54, 1.807) is 11.3 Å². The molecule has 90 valence electrons. The molecule has 0 amide bonds. The Hall–Kier alpha value is -0.710. The second-order valence-corrected chi connectivity index (χ2v) is 6.02. The van der Waals surface area contributed by atoms with E-state index >= 15 is 0 Å². The van der Waals surface area contributed by atoms with Crippen LogP contribution in [0.2, 0.25) is 0 Å². The number of aryl methyl sites for hydroxylation is 2. The lowest BCUT2D eigenvalue weighted by Gasteiger charge is -2.02. The number of hydrogen-bond acceptors (Lipinski definition) is 3. The summed E-state index contributed by atoms with van der Waals surface area (Å²) in [5.41, 5.74) is 9.16. The highest BCUT2D eigenvalue weighted by molar-refractivity contribution is 9.10. The third-order valence-electron chi connectivity index (χ3n) is 2.69. The van der Waals surface area contributed by atoms with Crippen LogP contribution in [0.1, 0.15) is 16.1 Å². The van der Waals surface area contributed by atoms with Crippen molar-refractivity contribution in [3.63, 3.8) is 0 Å². The fourth-order valence-corrected chi connectivity index (χ4v) is 3.25. The van der Waals surface area contributed by atoms with Gasteiger partial charge < -0.3 is 5.73 Å². The summed E-state index contributed by atoms with van der Waals surface area (Å²) >= 11 is 5.25. The van der Waals surface area contributed by atoms with Gasteiger partial charge in [0.05, 0.1) is 5.69 Å². The van der Waals surface area contributed by atoms with Crippen molar-refractivity contribution in [2.45, 2.75) is 20.3 Å². The third-order valence-corrected chi connectivity index (χ3v) is 4.44. The second kappa shape index (κ2) is 5.29. The van der Waals surface area contributed by atoms with Gasteiger partial charge in [0.2, 0.25) is 0 Å². The van der Waals surface area contributed by atoms with E-state index in [1.165, 1.54) is 16.0 Å². The first-order chi connectivity index (χ1) is 8.11. The number of nitrogens with zero attached hydrogens (tertiary/aromatic N) is 1. The van der Waals surface area contributed by atoms with E-state index in [1.807, 2.05) is 0 Å². The first-order valence-electron chi connectivity index (χ1n) is 5.54. The average Bonchev–Trinajstić information content (AvgIpc) is 2.64. The number of rotatable bonds is 3. The number of nitrogens with two attached hydrogens (primary N) is 1. The monoisotopic (exact) mass is 310 g/mol. The molecule has 0 unspecified atom stereocenters. The fourth-order valence-electron chi connectivity index (χ4n) is 1.73. The molecule has 0 aliphatic heterocycles. The number of benzene rings is 1. The molecule has 2 nitrogen and oxygen atoms in total. The van der Waals surface area contributed by atoms with Gasteiger partial charge in [0, 0.05) is 14.9 Å². The maximum atomic E-state index is 5.60. The number of thiazole rings is 1. The Balaban J connectivity index is 2.45. The molecule has 0 radical (unpaired) electrons. The Morgan fingerprint density at radius 2 is 2.12 bits per heavy atom. The van der Waals surface area contributed by atoms with Gasteiger partial charge in [-0.1, -0.05) is 22.0 Å². The van der Waals surface area contributed by atoms with Crippen molar-refractivity contribution >= 4 is 27.3 Å². The largest absolute Gasteiger partial charge is 0.330 e. The molecular formula is C13H15BrN2S. The van der Waals surface area contributed by atoms with Crippen molar-refractivity contribution in [3.8, 4) is 10.6 Å². The maximum Gasteiger partial charge on any atom is 0.124 e. The van der Waals surface area contributed by atoms with Crippen LogP contribution in [0.4, 0.5) is 0 Å². The molecule has 2 rings (SSSR count). The molecule has 4 heteroatoms. The van der Waals surface area contributed by atoms with Gasteiger partial charge in [0.25, 0.3) is 0 Å². The molecule has 2 N–H and O–H groups in total. The summed E-state index contributed by atoms with van der Waals surface area (Å²) in [5.74, 6) is 0. The minimum atomic E-state index is 0.680. The predicted octanol–water partition coefficient (Wildman–Crippen LogP) is 3.69. The zero-order chi connectivity index (χ0) is 12.4. The Kier molecular flexibility index (Phi) is 3.97. The molecule has 0 atom stereocenters. The highest BCUT2D eigenvalue weighted by Crippen LogP contribution is 2.32. The zero-order valence-electron chi connectivity index (χ0n) is 9.96. The molecule has 1 aromatic heterocycles. The van der Waals surface area contributed by atoms with Crippen molar-refractivity contribution in [1.82, 2.24) is 4.98 Å². The molecule has 0 saturated heterocycles. The molecule has 1 heterocycles.